The fourth-order valence-corrected chi connectivity index (χ4v) is 3.18. The second-order valence-electron chi connectivity index (χ2n) is 6.76. The van der Waals surface area contributed by atoms with Crippen molar-refractivity contribution in [1.82, 2.24) is 0 Å². The van der Waals surface area contributed by atoms with E-state index < -0.39 is 5.97 Å². The molecule has 138 valence electrons. The van der Waals surface area contributed by atoms with Crippen LogP contribution in [-0.2, 0) is 20.3 Å². The molecule has 0 radical (unpaired) electrons. The number of ether oxygens (including phenoxy) is 2. The highest BCUT2D eigenvalue weighted by atomic mass is 28.2. The SMILES string of the molecule is CC(C)OC(CCCCCCc1cccc(F)c1)(O[SiH3])OC(C)C. The van der Waals surface area contributed by atoms with E-state index in [-0.39, 0.29) is 18.0 Å². The van der Waals surface area contributed by atoms with Crippen molar-refractivity contribution in [2.24, 2.45) is 0 Å². The van der Waals surface area contributed by atoms with E-state index in [1.807, 2.05) is 33.8 Å². The number of unbranched alkanes of at least 4 members (excludes halogenated alkanes) is 3. The van der Waals surface area contributed by atoms with Gasteiger partial charge < -0.3 is 13.9 Å². The predicted molar refractivity (Wildman–Crippen MR) is 99.4 cm³/mol. The maximum atomic E-state index is 13.1. The van der Waals surface area contributed by atoms with E-state index in [9.17, 15) is 4.39 Å². The molecule has 3 nitrogen and oxygen atoms in total. The van der Waals surface area contributed by atoms with Crippen LogP contribution < -0.4 is 0 Å². The van der Waals surface area contributed by atoms with Gasteiger partial charge >= 0.3 is 0 Å². The van der Waals surface area contributed by atoms with Crippen LogP contribution in [-0.4, -0.2) is 28.7 Å². The number of rotatable bonds is 12. The summed E-state index contributed by atoms with van der Waals surface area (Å²) in [6.07, 6.45) is 6.04. The third-order valence-electron chi connectivity index (χ3n) is 3.73. The van der Waals surface area contributed by atoms with E-state index in [4.69, 9.17) is 13.9 Å². The average Bonchev–Trinajstić information content (AvgIpc) is 2.49. The smallest absolute Gasteiger partial charge is 0.273 e. The van der Waals surface area contributed by atoms with Crippen molar-refractivity contribution in [3.8, 4) is 0 Å². The van der Waals surface area contributed by atoms with Crippen molar-refractivity contribution in [2.45, 2.75) is 84.4 Å². The summed E-state index contributed by atoms with van der Waals surface area (Å²) in [5, 5.41) is 0. The summed E-state index contributed by atoms with van der Waals surface area (Å²) in [6, 6.07) is 6.86. The van der Waals surface area contributed by atoms with Crippen LogP contribution in [0.1, 0.15) is 65.4 Å². The highest BCUT2D eigenvalue weighted by Crippen LogP contribution is 2.26. The molecule has 1 aromatic carbocycles. The standard InChI is InChI=1S/C19H33FO3Si/c1-15(2)21-19(23-24,22-16(3)4)13-8-6-5-7-10-17-11-9-12-18(20)14-17/h9,11-12,14-16H,5-8,10,13H2,1-4,24H3. The Bertz CT molecular complexity index is 456. The minimum Gasteiger partial charge on any atom is -0.380 e. The second kappa shape index (κ2) is 11.0. The van der Waals surface area contributed by atoms with Crippen LogP contribution in [0.5, 0.6) is 0 Å². The molecule has 0 saturated carbocycles. The van der Waals surface area contributed by atoms with Crippen molar-refractivity contribution < 1.29 is 18.3 Å². The van der Waals surface area contributed by atoms with Gasteiger partial charge in [-0.15, -0.1) is 0 Å². The van der Waals surface area contributed by atoms with Gasteiger partial charge in [0.15, 0.2) is 10.5 Å². The van der Waals surface area contributed by atoms with Gasteiger partial charge in [-0.05, 0) is 64.7 Å². The molecule has 0 aliphatic heterocycles. The molecule has 0 N–H and O–H groups in total. The summed E-state index contributed by atoms with van der Waals surface area (Å²) in [6.45, 7) is 7.99. The third-order valence-corrected chi connectivity index (χ3v) is 4.35. The Hall–Kier alpha value is -0.753. The van der Waals surface area contributed by atoms with Gasteiger partial charge in [-0.2, -0.15) is 0 Å². The Labute approximate surface area is 149 Å². The first-order valence-corrected chi connectivity index (χ1v) is 9.84. The number of hydrogen-bond donors (Lipinski definition) is 0. The van der Waals surface area contributed by atoms with Crippen LogP contribution in [0.3, 0.4) is 0 Å². The summed E-state index contributed by atoms with van der Waals surface area (Å²) in [7, 11) is 0.574. The van der Waals surface area contributed by atoms with Gasteiger partial charge in [-0.1, -0.05) is 25.0 Å². The summed E-state index contributed by atoms with van der Waals surface area (Å²) in [5.74, 6) is -1.05. The van der Waals surface area contributed by atoms with Crippen molar-refractivity contribution >= 4 is 10.5 Å². The van der Waals surface area contributed by atoms with E-state index in [0.717, 1.165) is 44.1 Å². The van der Waals surface area contributed by atoms with Crippen LogP contribution in [0, 0.1) is 5.82 Å². The zero-order valence-corrected chi connectivity index (χ0v) is 17.8. The van der Waals surface area contributed by atoms with E-state index in [1.165, 1.54) is 6.07 Å². The van der Waals surface area contributed by atoms with Crippen LogP contribution in [0.2, 0.25) is 0 Å². The second-order valence-corrected chi connectivity index (χ2v) is 7.17. The summed E-state index contributed by atoms with van der Waals surface area (Å²) >= 11 is 0. The molecule has 0 aromatic heterocycles. The lowest BCUT2D eigenvalue weighted by atomic mass is 10.0. The molecule has 0 bridgehead atoms. The molecule has 5 heteroatoms. The zero-order chi connectivity index (χ0) is 18.0. The molecule has 1 rings (SSSR count). The topological polar surface area (TPSA) is 27.7 Å². The minimum atomic E-state index is -0.892. The maximum absolute atomic E-state index is 13.1. The lowest BCUT2D eigenvalue weighted by Crippen LogP contribution is -2.42. The molecular weight excluding hydrogens is 323 g/mol. The third kappa shape index (κ3) is 8.38. The molecule has 0 aliphatic rings. The average molecular weight is 357 g/mol. The molecule has 0 unspecified atom stereocenters. The Balaban J connectivity index is 2.33. The van der Waals surface area contributed by atoms with Gasteiger partial charge in [-0.25, -0.2) is 4.39 Å². The van der Waals surface area contributed by atoms with Crippen molar-refractivity contribution in [1.29, 1.82) is 0 Å². The Kier molecular flexibility index (Phi) is 9.74. The van der Waals surface area contributed by atoms with Gasteiger partial charge in [0.25, 0.3) is 5.97 Å². The van der Waals surface area contributed by atoms with E-state index in [1.54, 1.807) is 12.1 Å². The highest BCUT2D eigenvalue weighted by molar-refractivity contribution is 5.98. The van der Waals surface area contributed by atoms with E-state index in [2.05, 4.69) is 0 Å². The fraction of sp³-hybridized carbons (Fsp3) is 0.684. The van der Waals surface area contributed by atoms with E-state index in [0.29, 0.717) is 10.5 Å². The number of hydrogen-bond acceptors (Lipinski definition) is 3. The molecule has 0 fully saturated rings. The van der Waals surface area contributed by atoms with Gasteiger partial charge in [0.2, 0.25) is 0 Å². The molecular formula is C19H33FO3Si. The van der Waals surface area contributed by atoms with Crippen molar-refractivity contribution in [3.63, 3.8) is 0 Å². The molecule has 0 aliphatic carbocycles. The fourth-order valence-electron chi connectivity index (χ4n) is 2.78. The van der Waals surface area contributed by atoms with E-state index >= 15 is 0 Å². The first-order valence-electron chi connectivity index (χ1n) is 9.02. The van der Waals surface area contributed by atoms with Gasteiger partial charge in [-0.3, -0.25) is 0 Å². The van der Waals surface area contributed by atoms with Gasteiger partial charge in [0.05, 0.1) is 12.2 Å². The molecule has 0 spiro atoms. The summed E-state index contributed by atoms with van der Waals surface area (Å²) < 4.78 is 30.7. The summed E-state index contributed by atoms with van der Waals surface area (Å²) in [4.78, 5) is 0. The molecule has 0 heterocycles. The first-order chi connectivity index (χ1) is 11.4. The van der Waals surface area contributed by atoms with Crippen molar-refractivity contribution in [3.05, 3.63) is 35.6 Å². The lowest BCUT2D eigenvalue weighted by molar-refractivity contribution is -0.369. The van der Waals surface area contributed by atoms with Crippen LogP contribution in [0.4, 0.5) is 4.39 Å². The Morgan fingerprint density at radius 3 is 2.17 bits per heavy atom. The van der Waals surface area contributed by atoms with Gasteiger partial charge in [0.1, 0.15) is 5.82 Å². The minimum absolute atomic E-state index is 0.0608. The van der Waals surface area contributed by atoms with Crippen LogP contribution >= 0.6 is 0 Å². The zero-order valence-electron chi connectivity index (χ0n) is 15.8. The molecule has 1 aromatic rings. The normalized spacial score (nSPS) is 12.5. The molecule has 24 heavy (non-hydrogen) atoms. The van der Waals surface area contributed by atoms with Gasteiger partial charge in [0, 0.05) is 6.42 Å². The maximum Gasteiger partial charge on any atom is 0.273 e. The Morgan fingerprint density at radius 1 is 1.00 bits per heavy atom. The highest BCUT2D eigenvalue weighted by Gasteiger charge is 2.33. The molecule has 0 amide bonds. The van der Waals surface area contributed by atoms with Crippen LogP contribution in [0.25, 0.3) is 0 Å². The summed E-state index contributed by atoms with van der Waals surface area (Å²) in [5.41, 5.74) is 1.07. The quantitative estimate of drug-likeness (QED) is 0.320. The largest absolute Gasteiger partial charge is 0.380 e. The molecule has 0 saturated heterocycles. The number of benzene rings is 1. The number of halogens is 1. The van der Waals surface area contributed by atoms with Crippen molar-refractivity contribution in [2.75, 3.05) is 0 Å². The lowest BCUT2D eigenvalue weighted by Gasteiger charge is -2.36. The molecule has 0 atom stereocenters. The first kappa shape index (κ1) is 21.3. The Morgan fingerprint density at radius 2 is 1.62 bits per heavy atom. The predicted octanol–water partition coefficient (Wildman–Crippen LogP) is 4.12. The monoisotopic (exact) mass is 356 g/mol. The number of aryl methyl sites for hydroxylation is 1. The van der Waals surface area contributed by atoms with Crippen LogP contribution in [0.15, 0.2) is 24.3 Å².